The summed E-state index contributed by atoms with van der Waals surface area (Å²) < 4.78 is 6.06. The second kappa shape index (κ2) is 9.61. The molecular formula is C23H33N3O3. The molecule has 1 aliphatic heterocycles. The lowest BCUT2D eigenvalue weighted by atomic mass is 9.98. The van der Waals surface area contributed by atoms with Crippen molar-refractivity contribution in [3.05, 3.63) is 29.8 Å². The summed E-state index contributed by atoms with van der Waals surface area (Å²) >= 11 is 0. The zero-order chi connectivity index (χ0) is 20.1. The zero-order valence-corrected chi connectivity index (χ0v) is 17.3. The molecule has 2 amide bonds. The molecule has 0 radical (unpaired) electrons. The Morgan fingerprint density at radius 1 is 0.966 bits per heavy atom. The van der Waals surface area contributed by atoms with Crippen LogP contribution in [0.25, 0.3) is 0 Å². The highest BCUT2D eigenvalue weighted by atomic mass is 16.5. The summed E-state index contributed by atoms with van der Waals surface area (Å²) in [6.07, 6.45) is 8.69. The highest BCUT2D eigenvalue weighted by molar-refractivity contribution is 5.83. The minimum atomic E-state index is 0.0902. The van der Waals surface area contributed by atoms with Gasteiger partial charge in [0.05, 0.1) is 19.3 Å². The summed E-state index contributed by atoms with van der Waals surface area (Å²) in [6.45, 7) is 3.50. The summed E-state index contributed by atoms with van der Waals surface area (Å²) in [5, 5.41) is 3.25. The molecule has 0 atom stereocenters. The number of anilines is 1. The Hall–Kier alpha value is -2.08. The Labute approximate surface area is 173 Å². The molecule has 1 heterocycles. The molecular weight excluding hydrogens is 366 g/mol. The summed E-state index contributed by atoms with van der Waals surface area (Å²) in [5.41, 5.74) is 2.09. The Balaban J connectivity index is 1.19. The van der Waals surface area contributed by atoms with Gasteiger partial charge in [-0.15, -0.1) is 0 Å². The molecule has 4 rings (SSSR count). The topological polar surface area (TPSA) is 61.9 Å². The maximum absolute atomic E-state index is 12.5. The highest BCUT2D eigenvalue weighted by Crippen LogP contribution is 2.31. The standard InChI is InChI=1S/C23H33N3O3/c27-22(25-11-13-26(14-12-25)23(28)19-9-10-19)16-24-20-6-4-5-18(15-20)17-29-21-7-2-1-3-8-21/h4-6,15,19,21,24H,1-3,7-14,16-17H2. The van der Waals surface area contributed by atoms with Crippen molar-refractivity contribution in [1.29, 1.82) is 0 Å². The van der Waals surface area contributed by atoms with Crippen molar-refractivity contribution in [3.8, 4) is 0 Å². The SMILES string of the molecule is O=C(CNc1cccc(COC2CCCCC2)c1)N1CCN(C(=O)C2CC2)CC1. The molecule has 0 spiro atoms. The molecule has 0 unspecified atom stereocenters. The van der Waals surface area contributed by atoms with E-state index >= 15 is 0 Å². The fourth-order valence-electron chi connectivity index (χ4n) is 4.27. The number of carbonyl (C=O) groups excluding carboxylic acids is 2. The lowest BCUT2D eigenvalue weighted by molar-refractivity contribution is -0.139. The number of hydrogen-bond donors (Lipinski definition) is 1. The van der Waals surface area contributed by atoms with Crippen molar-refractivity contribution in [2.45, 2.75) is 57.7 Å². The molecule has 1 aromatic carbocycles. The molecule has 29 heavy (non-hydrogen) atoms. The molecule has 3 aliphatic rings. The van der Waals surface area contributed by atoms with Crippen LogP contribution in [0.1, 0.15) is 50.5 Å². The summed E-state index contributed by atoms with van der Waals surface area (Å²) in [5.74, 6) is 0.628. The van der Waals surface area contributed by atoms with Gasteiger partial charge in [0.15, 0.2) is 0 Å². The van der Waals surface area contributed by atoms with Gasteiger partial charge in [0, 0.05) is 37.8 Å². The number of nitrogens with one attached hydrogen (secondary N) is 1. The predicted molar refractivity (Wildman–Crippen MR) is 112 cm³/mol. The predicted octanol–water partition coefficient (Wildman–Crippen LogP) is 3.03. The highest BCUT2D eigenvalue weighted by Gasteiger charge is 2.35. The van der Waals surface area contributed by atoms with E-state index in [4.69, 9.17) is 4.74 Å². The molecule has 2 aliphatic carbocycles. The van der Waals surface area contributed by atoms with Crippen molar-refractivity contribution in [1.82, 2.24) is 9.80 Å². The molecule has 1 N–H and O–H groups in total. The molecule has 2 saturated carbocycles. The van der Waals surface area contributed by atoms with Crippen molar-refractivity contribution in [3.63, 3.8) is 0 Å². The van der Waals surface area contributed by atoms with Crippen molar-refractivity contribution < 1.29 is 14.3 Å². The van der Waals surface area contributed by atoms with Crippen LogP contribution in [0.4, 0.5) is 5.69 Å². The van der Waals surface area contributed by atoms with Crippen molar-refractivity contribution >= 4 is 17.5 Å². The van der Waals surface area contributed by atoms with Crippen LogP contribution in [-0.2, 0) is 20.9 Å². The van der Waals surface area contributed by atoms with Gasteiger partial charge in [-0.2, -0.15) is 0 Å². The maximum atomic E-state index is 12.5. The van der Waals surface area contributed by atoms with Crippen molar-refractivity contribution in [2.75, 3.05) is 38.0 Å². The molecule has 0 aromatic heterocycles. The van der Waals surface area contributed by atoms with Crippen LogP contribution in [-0.4, -0.2) is 60.4 Å². The first-order chi connectivity index (χ1) is 14.2. The smallest absolute Gasteiger partial charge is 0.241 e. The third-order valence-electron chi connectivity index (χ3n) is 6.28. The van der Waals surface area contributed by atoms with Gasteiger partial charge >= 0.3 is 0 Å². The number of piperazine rings is 1. The van der Waals surface area contributed by atoms with Crippen LogP contribution in [0.3, 0.4) is 0 Å². The summed E-state index contributed by atoms with van der Waals surface area (Å²) in [7, 11) is 0. The van der Waals surface area contributed by atoms with E-state index in [-0.39, 0.29) is 24.3 Å². The molecule has 3 fully saturated rings. The number of rotatable bonds is 7. The van der Waals surface area contributed by atoms with Gasteiger partial charge in [0.25, 0.3) is 0 Å². The Morgan fingerprint density at radius 3 is 2.41 bits per heavy atom. The zero-order valence-electron chi connectivity index (χ0n) is 17.3. The second-order valence-corrected chi connectivity index (χ2v) is 8.61. The average Bonchev–Trinajstić information content (AvgIpc) is 3.62. The van der Waals surface area contributed by atoms with Gasteiger partial charge in [-0.05, 0) is 43.4 Å². The number of ether oxygens (including phenoxy) is 1. The van der Waals surface area contributed by atoms with E-state index in [1.54, 1.807) is 0 Å². The summed E-state index contributed by atoms with van der Waals surface area (Å²) in [4.78, 5) is 28.5. The van der Waals surface area contributed by atoms with Gasteiger partial charge in [-0.1, -0.05) is 31.4 Å². The van der Waals surface area contributed by atoms with Gasteiger partial charge in [0.2, 0.25) is 11.8 Å². The Bertz CT molecular complexity index is 705. The minimum Gasteiger partial charge on any atom is -0.376 e. The quantitative estimate of drug-likeness (QED) is 0.766. The average molecular weight is 400 g/mol. The lowest BCUT2D eigenvalue weighted by Crippen LogP contribution is -2.52. The molecule has 1 saturated heterocycles. The fraction of sp³-hybridized carbons (Fsp3) is 0.652. The number of hydrogen-bond acceptors (Lipinski definition) is 4. The van der Waals surface area contributed by atoms with Gasteiger partial charge in [-0.25, -0.2) is 0 Å². The monoisotopic (exact) mass is 399 g/mol. The largest absolute Gasteiger partial charge is 0.376 e. The number of carbonyl (C=O) groups is 2. The third-order valence-corrected chi connectivity index (χ3v) is 6.28. The van der Waals surface area contributed by atoms with E-state index in [0.29, 0.717) is 38.9 Å². The molecule has 6 heteroatoms. The summed E-state index contributed by atoms with van der Waals surface area (Å²) in [6, 6.07) is 8.15. The second-order valence-electron chi connectivity index (χ2n) is 8.61. The van der Waals surface area contributed by atoms with Gasteiger partial charge < -0.3 is 19.9 Å². The van der Waals surface area contributed by atoms with Crippen LogP contribution in [0.5, 0.6) is 0 Å². The van der Waals surface area contributed by atoms with E-state index in [1.807, 2.05) is 21.9 Å². The van der Waals surface area contributed by atoms with E-state index in [1.165, 1.54) is 32.1 Å². The lowest BCUT2D eigenvalue weighted by Gasteiger charge is -2.35. The minimum absolute atomic E-state index is 0.0902. The first kappa shape index (κ1) is 20.2. The van der Waals surface area contributed by atoms with Crippen LogP contribution >= 0.6 is 0 Å². The van der Waals surface area contributed by atoms with Crippen LogP contribution in [0.2, 0.25) is 0 Å². The normalized spacial score (nSPS) is 20.6. The first-order valence-electron chi connectivity index (χ1n) is 11.2. The molecule has 6 nitrogen and oxygen atoms in total. The fourth-order valence-corrected chi connectivity index (χ4v) is 4.27. The Kier molecular flexibility index (Phi) is 6.70. The Morgan fingerprint density at radius 2 is 1.69 bits per heavy atom. The molecule has 158 valence electrons. The number of amides is 2. The van der Waals surface area contributed by atoms with Crippen LogP contribution < -0.4 is 5.32 Å². The van der Waals surface area contributed by atoms with E-state index < -0.39 is 0 Å². The number of nitrogens with zero attached hydrogens (tertiary/aromatic N) is 2. The van der Waals surface area contributed by atoms with Crippen molar-refractivity contribution in [2.24, 2.45) is 5.92 Å². The van der Waals surface area contributed by atoms with E-state index in [2.05, 4.69) is 17.4 Å². The van der Waals surface area contributed by atoms with E-state index in [9.17, 15) is 9.59 Å². The van der Waals surface area contributed by atoms with E-state index in [0.717, 1.165) is 24.1 Å². The number of benzene rings is 1. The molecule has 1 aromatic rings. The van der Waals surface area contributed by atoms with Gasteiger partial charge in [-0.3, -0.25) is 9.59 Å². The molecule has 0 bridgehead atoms. The van der Waals surface area contributed by atoms with Gasteiger partial charge in [0.1, 0.15) is 0 Å². The first-order valence-corrected chi connectivity index (χ1v) is 11.2. The van der Waals surface area contributed by atoms with Crippen LogP contribution in [0.15, 0.2) is 24.3 Å². The maximum Gasteiger partial charge on any atom is 0.241 e. The van der Waals surface area contributed by atoms with Crippen LogP contribution in [0, 0.1) is 5.92 Å². The third kappa shape index (κ3) is 5.72.